The van der Waals surface area contributed by atoms with Crippen LogP contribution in [-0.2, 0) is 4.79 Å². The van der Waals surface area contributed by atoms with Gasteiger partial charge >= 0.3 is 0 Å². The van der Waals surface area contributed by atoms with Crippen LogP contribution < -0.4 is 5.32 Å². The number of aliphatic hydroxyl groups excluding tert-OH is 2. The number of ketones is 1. The van der Waals surface area contributed by atoms with E-state index in [-0.39, 0.29) is 12.3 Å². The molecule has 14 heavy (non-hydrogen) atoms. The molecule has 0 rings (SSSR count). The summed E-state index contributed by atoms with van der Waals surface area (Å²) in [5.41, 5.74) is 0. The summed E-state index contributed by atoms with van der Waals surface area (Å²) in [5.74, 6) is -0.350. The maximum absolute atomic E-state index is 11.1. The molecule has 0 aliphatic heterocycles. The highest BCUT2D eigenvalue weighted by molar-refractivity contribution is 5.85. The molecule has 4 heteroatoms. The zero-order chi connectivity index (χ0) is 11.0. The first-order chi connectivity index (χ1) is 6.59. The molecule has 0 amide bonds. The minimum absolute atomic E-state index is 0.135. The molecule has 0 aromatic rings. The highest BCUT2D eigenvalue weighted by atomic mass is 16.3. The molecular weight excluding hydrogens is 182 g/mol. The van der Waals surface area contributed by atoms with Gasteiger partial charge < -0.3 is 15.5 Å². The average molecular weight is 203 g/mol. The van der Waals surface area contributed by atoms with E-state index < -0.39 is 12.2 Å². The van der Waals surface area contributed by atoms with E-state index in [1.165, 1.54) is 6.92 Å². The van der Waals surface area contributed by atoms with E-state index in [0.29, 0.717) is 0 Å². The predicted molar refractivity (Wildman–Crippen MR) is 55.1 cm³/mol. The number of hydrogen-bond acceptors (Lipinski definition) is 4. The lowest BCUT2D eigenvalue weighted by Gasteiger charge is -2.12. The van der Waals surface area contributed by atoms with Crippen molar-refractivity contribution in [3.05, 3.63) is 0 Å². The maximum Gasteiger partial charge on any atom is 0.177 e. The van der Waals surface area contributed by atoms with Crippen molar-refractivity contribution in [3.63, 3.8) is 0 Å². The summed E-state index contributed by atoms with van der Waals surface area (Å²) in [6.07, 6.45) is 1.08. The molecule has 0 bridgehead atoms. The summed E-state index contributed by atoms with van der Waals surface area (Å²) in [4.78, 5) is 11.1. The molecule has 0 aliphatic rings. The Morgan fingerprint density at radius 3 is 2.50 bits per heavy atom. The third-order valence-electron chi connectivity index (χ3n) is 2.04. The van der Waals surface area contributed by atoms with Crippen LogP contribution in [0, 0.1) is 0 Å². The maximum atomic E-state index is 11.1. The van der Waals surface area contributed by atoms with Gasteiger partial charge in [-0.25, -0.2) is 0 Å². The molecule has 2 unspecified atom stereocenters. The number of rotatable bonds is 8. The van der Waals surface area contributed by atoms with Gasteiger partial charge in [0.2, 0.25) is 0 Å². The van der Waals surface area contributed by atoms with Crippen molar-refractivity contribution < 1.29 is 15.0 Å². The fourth-order valence-electron chi connectivity index (χ4n) is 1.09. The highest BCUT2D eigenvalue weighted by Crippen LogP contribution is 1.94. The predicted octanol–water partition coefficient (Wildman–Crippen LogP) is 0.0770. The number of unbranched alkanes of at least 4 members (excludes halogenated alkanes) is 2. The molecule has 4 nitrogen and oxygen atoms in total. The van der Waals surface area contributed by atoms with Gasteiger partial charge in [-0.2, -0.15) is 0 Å². The Morgan fingerprint density at radius 1 is 1.36 bits per heavy atom. The van der Waals surface area contributed by atoms with E-state index in [1.54, 1.807) is 0 Å². The van der Waals surface area contributed by atoms with E-state index in [9.17, 15) is 4.79 Å². The third-order valence-corrected chi connectivity index (χ3v) is 2.04. The van der Waals surface area contributed by atoms with Crippen molar-refractivity contribution in [2.75, 3.05) is 13.1 Å². The van der Waals surface area contributed by atoms with Crippen LogP contribution in [0.2, 0.25) is 0 Å². The van der Waals surface area contributed by atoms with E-state index in [0.717, 1.165) is 25.8 Å². The van der Waals surface area contributed by atoms with Gasteiger partial charge in [0.25, 0.3) is 0 Å². The summed E-state index contributed by atoms with van der Waals surface area (Å²) in [6.45, 7) is 4.43. The fourth-order valence-corrected chi connectivity index (χ4v) is 1.09. The molecular formula is C10H21NO3. The lowest BCUT2D eigenvalue weighted by molar-refractivity contribution is -0.131. The summed E-state index contributed by atoms with van der Waals surface area (Å²) >= 11 is 0. The Kier molecular flexibility index (Phi) is 7.65. The lowest BCUT2D eigenvalue weighted by atomic mass is 10.1. The molecule has 0 aliphatic carbocycles. The second-order valence-corrected chi connectivity index (χ2v) is 3.54. The monoisotopic (exact) mass is 203 g/mol. The Labute approximate surface area is 85.3 Å². The molecule has 0 saturated carbocycles. The van der Waals surface area contributed by atoms with Crippen LogP contribution in [-0.4, -0.2) is 41.3 Å². The SMILES string of the molecule is CCCCCNCC(=O)C(O)C(C)O. The summed E-state index contributed by atoms with van der Waals surface area (Å²) < 4.78 is 0. The highest BCUT2D eigenvalue weighted by Gasteiger charge is 2.19. The normalized spacial score (nSPS) is 15.1. The first-order valence-electron chi connectivity index (χ1n) is 5.19. The average Bonchev–Trinajstić information content (AvgIpc) is 2.16. The zero-order valence-corrected chi connectivity index (χ0v) is 8.99. The van der Waals surface area contributed by atoms with Gasteiger partial charge in [0, 0.05) is 0 Å². The van der Waals surface area contributed by atoms with Crippen molar-refractivity contribution in [2.45, 2.75) is 45.3 Å². The van der Waals surface area contributed by atoms with Gasteiger partial charge in [0.15, 0.2) is 5.78 Å². The van der Waals surface area contributed by atoms with Gasteiger partial charge in [-0.05, 0) is 19.9 Å². The Bertz CT molecular complexity index is 159. The van der Waals surface area contributed by atoms with E-state index in [2.05, 4.69) is 12.2 Å². The number of Topliss-reactive ketones (excluding diaryl/α,β-unsaturated/α-hetero) is 1. The van der Waals surface area contributed by atoms with Crippen LogP contribution >= 0.6 is 0 Å². The quantitative estimate of drug-likeness (QED) is 0.489. The van der Waals surface area contributed by atoms with Gasteiger partial charge in [0.1, 0.15) is 6.10 Å². The number of hydrogen-bond donors (Lipinski definition) is 3. The minimum Gasteiger partial charge on any atom is -0.390 e. The summed E-state index contributed by atoms with van der Waals surface area (Å²) in [5, 5.41) is 21.0. The number of aliphatic hydroxyl groups is 2. The number of carbonyl (C=O) groups excluding carboxylic acids is 1. The Balaban J connectivity index is 3.44. The largest absolute Gasteiger partial charge is 0.390 e. The van der Waals surface area contributed by atoms with Crippen molar-refractivity contribution in [3.8, 4) is 0 Å². The van der Waals surface area contributed by atoms with Crippen molar-refractivity contribution >= 4 is 5.78 Å². The molecule has 84 valence electrons. The molecule has 3 N–H and O–H groups in total. The molecule has 0 heterocycles. The second kappa shape index (κ2) is 7.91. The van der Waals surface area contributed by atoms with Crippen LogP contribution in [0.3, 0.4) is 0 Å². The van der Waals surface area contributed by atoms with Crippen LogP contribution in [0.4, 0.5) is 0 Å². The van der Waals surface area contributed by atoms with Gasteiger partial charge in [-0.1, -0.05) is 19.8 Å². The molecule has 0 fully saturated rings. The van der Waals surface area contributed by atoms with E-state index >= 15 is 0 Å². The van der Waals surface area contributed by atoms with Crippen LogP contribution in [0.1, 0.15) is 33.1 Å². The third kappa shape index (κ3) is 6.07. The zero-order valence-electron chi connectivity index (χ0n) is 8.99. The number of nitrogens with one attached hydrogen (secondary N) is 1. The van der Waals surface area contributed by atoms with Crippen LogP contribution in [0.15, 0.2) is 0 Å². The van der Waals surface area contributed by atoms with Crippen LogP contribution in [0.5, 0.6) is 0 Å². The molecule has 2 atom stereocenters. The molecule has 0 aromatic carbocycles. The Hall–Kier alpha value is -0.450. The van der Waals surface area contributed by atoms with Crippen molar-refractivity contribution in [1.82, 2.24) is 5.32 Å². The Morgan fingerprint density at radius 2 is 2.00 bits per heavy atom. The molecule has 0 spiro atoms. The van der Waals surface area contributed by atoms with Crippen molar-refractivity contribution in [2.24, 2.45) is 0 Å². The first-order valence-corrected chi connectivity index (χ1v) is 5.19. The molecule has 0 saturated heterocycles. The van der Waals surface area contributed by atoms with E-state index in [4.69, 9.17) is 10.2 Å². The van der Waals surface area contributed by atoms with Crippen LogP contribution in [0.25, 0.3) is 0 Å². The van der Waals surface area contributed by atoms with E-state index in [1.807, 2.05) is 0 Å². The number of carbonyl (C=O) groups is 1. The minimum atomic E-state index is -1.26. The summed E-state index contributed by atoms with van der Waals surface area (Å²) in [7, 11) is 0. The molecule has 0 radical (unpaired) electrons. The fraction of sp³-hybridized carbons (Fsp3) is 0.900. The second-order valence-electron chi connectivity index (χ2n) is 3.54. The topological polar surface area (TPSA) is 69.6 Å². The van der Waals surface area contributed by atoms with Gasteiger partial charge in [-0.3, -0.25) is 4.79 Å². The van der Waals surface area contributed by atoms with Gasteiger partial charge in [0.05, 0.1) is 12.6 Å². The van der Waals surface area contributed by atoms with Gasteiger partial charge in [-0.15, -0.1) is 0 Å². The first kappa shape index (κ1) is 13.5. The lowest BCUT2D eigenvalue weighted by Crippen LogP contribution is -2.38. The standard InChI is InChI=1S/C10H21NO3/c1-3-4-5-6-11-7-9(13)10(14)8(2)12/h8,10-12,14H,3-7H2,1-2H3. The summed E-state index contributed by atoms with van der Waals surface area (Å²) in [6, 6.07) is 0. The van der Waals surface area contributed by atoms with Crippen molar-refractivity contribution in [1.29, 1.82) is 0 Å². The molecule has 0 aromatic heterocycles. The smallest absolute Gasteiger partial charge is 0.177 e.